The molecule has 6 heteroatoms. The van der Waals surface area contributed by atoms with Crippen LogP contribution in [-0.2, 0) is 11.8 Å². The van der Waals surface area contributed by atoms with Crippen molar-refractivity contribution in [1.82, 2.24) is 19.7 Å². The minimum atomic E-state index is 0.0339. The number of nitrogens with zero attached hydrogens (tertiary/aromatic N) is 4. The third-order valence-corrected chi connectivity index (χ3v) is 5.33. The topological polar surface area (TPSA) is 63.1 Å². The number of pyridine rings is 1. The maximum Gasteiger partial charge on any atom is 0.229 e. The number of anilines is 1. The number of aryl methyl sites for hydroxylation is 1. The Kier molecular flexibility index (Phi) is 4.66. The zero-order valence-corrected chi connectivity index (χ0v) is 16.0. The number of rotatable bonds is 4. The number of benzene rings is 1. The average molecular weight is 363 g/mol. The van der Waals surface area contributed by atoms with Gasteiger partial charge in [-0.2, -0.15) is 5.10 Å². The second-order valence-corrected chi connectivity index (χ2v) is 7.60. The summed E-state index contributed by atoms with van der Waals surface area (Å²) in [6.07, 6.45) is 6.56. The number of fused-ring (bicyclic) bond motifs is 1. The van der Waals surface area contributed by atoms with E-state index < -0.39 is 0 Å². The normalized spacial score (nSPS) is 17.7. The molecular weight excluding hydrogens is 338 g/mol. The molecule has 1 aliphatic rings. The summed E-state index contributed by atoms with van der Waals surface area (Å²) in [5, 5.41) is 9.34. The Morgan fingerprint density at radius 3 is 2.74 bits per heavy atom. The van der Waals surface area contributed by atoms with Crippen LogP contribution in [0.5, 0.6) is 0 Å². The number of likely N-dealkylation sites (tertiary alicyclic amines) is 1. The van der Waals surface area contributed by atoms with Gasteiger partial charge in [0.25, 0.3) is 0 Å². The maximum atomic E-state index is 12.6. The van der Waals surface area contributed by atoms with Crippen LogP contribution in [-0.4, -0.2) is 44.7 Å². The van der Waals surface area contributed by atoms with Gasteiger partial charge in [-0.05, 0) is 49.9 Å². The van der Waals surface area contributed by atoms with Gasteiger partial charge in [-0.1, -0.05) is 12.1 Å². The van der Waals surface area contributed by atoms with Crippen LogP contribution in [0, 0.1) is 5.92 Å². The lowest BCUT2D eigenvalue weighted by Crippen LogP contribution is -2.31. The van der Waals surface area contributed by atoms with Crippen LogP contribution in [0.1, 0.15) is 20.3 Å². The van der Waals surface area contributed by atoms with Crippen molar-refractivity contribution in [2.75, 3.05) is 18.4 Å². The minimum absolute atomic E-state index is 0.0339. The number of hydrogen-bond donors (Lipinski definition) is 1. The molecule has 27 heavy (non-hydrogen) atoms. The Labute approximate surface area is 159 Å². The van der Waals surface area contributed by atoms with Crippen molar-refractivity contribution in [3.05, 3.63) is 42.9 Å². The smallest absolute Gasteiger partial charge is 0.229 e. The predicted molar refractivity (Wildman–Crippen MR) is 107 cm³/mol. The van der Waals surface area contributed by atoms with Crippen LogP contribution >= 0.6 is 0 Å². The van der Waals surface area contributed by atoms with Gasteiger partial charge in [-0.15, -0.1) is 0 Å². The number of hydrogen-bond acceptors (Lipinski definition) is 4. The highest BCUT2D eigenvalue weighted by Crippen LogP contribution is 2.26. The number of nitrogens with one attached hydrogen (secondary N) is 1. The van der Waals surface area contributed by atoms with Gasteiger partial charge in [0.05, 0.1) is 12.1 Å². The van der Waals surface area contributed by atoms with Gasteiger partial charge in [0, 0.05) is 43.0 Å². The molecule has 0 aliphatic carbocycles. The summed E-state index contributed by atoms with van der Waals surface area (Å²) in [4.78, 5) is 19.4. The summed E-state index contributed by atoms with van der Waals surface area (Å²) in [6.45, 7) is 6.15. The molecule has 1 aromatic carbocycles. The van der Waals surface area contributed by atoms with Gasteiger partial charge in [-0.3, -0.25) is 9.48 Å². The second-order valence-electron chi connectivity index (χ2n) is 7.60. The van der Waals surface area contributed by atoms with Crippen LogP contribution in [0.2, 0.25) is 0 Å². The summed E-state index contributed by atoms with van der Waals surface area (Å²) < 4.78 is 1.79. The van der Waals surface area contributed by atoms with E-state index in [0.29, 0.717) is 11.9 Å². The largest absolute Gasteiger partial charge is 0.310 e. The SMILES string of the molecule is CC(C)N1CCC(C(=O)Nc2cc3cc(-c4cnn(C)c4)ccc3cn2)C1. The lowest BCUT2D eigenvalue weighted by molar-refractivity contribution is -0.119. The molecule has 0 saturated carbocycles. The van der Waals surface area contributed by atoms with Crippen LogP contribution in [0.3, 0.4) is 0 Å². The zero-order chi connectivity index (χ0) is 19.0. The Hall–Kier alpha value is -2.73. The second kappa shape index (κ2) is 7.12. The lowest BCUT2D eigenvalue weighted by Gasteiger charge is -2.19. The number of carbonyl (C=O) groups excluding carboxylic acids is 1. The van der Waals surface area contributed by atoms with E-state index >= 15 is 0 Å². The third kappa shape index (κ3) is 3.71. The van der Waals surface area contributed by atoms with Gasteiger partial charge in [0.1, 0.15) is 5.82 Å². The predicted octanol–water partition coefficient (Wildman–Crippen LogP) is 3.30. The fraction of sp³-hybridized carbons (Fsp3) is 0.381. The fourth-order valence-corrected chi connectivity index (χ4v) is 3.66. The van der Waals surface area contributed by atoms with Crippen molar-refractivity contribution in [3.8, 4) is 11.1 Å². The molecule has 1 N–H and O–H groups in total. The Balaban J connectivity index is 1.53. The number of carbonyl (C=O) groups is 1. The van der Waals surface area contributed by atoms with Crippen LogP contribution < -0.4 is 5.32 Å². The van der Waals surface area contributed by atoms with E-state index in [1.54, 1.807) is 4.68 Å². The highest BCUT2D eigenvalue weighted by molar-refractivity contribution is 5.95. The van der Waals surface area contributed by atoms with Crippen LogP contribution in [0.25, 0.3) is 21.9 Å². The summed E-state index contributed by atoms with van der Waals surface area (Å²) in [6, 6.07) is 8.65. The Bertz CT molecular complexity index is 978. The lowest BCUT2D eigenvalue weighted by atomic mass is 10.0. The molecule has 0 bridgehead atoms. The van der Waals surface area contributed by atoms with Gasteiger partial charge in [0.2, 0.25) is 5.91 Å². The zero-order valence-electron chi connectivity index (χ0n) is 16.0. The summed E-state index contributed by atoms with van der Waals surface area (Å²) in [7, 11) is 1.91. The average Bonchev–Trinajstić information content (AvgIpc) is 3.30. The molecule has 6 nitrogen and oxygen atoms in total. The molecule has 3 heterocycles. The van der Waals surface area contributed by atoms with Gasteiger partial charge in [0.15, 0.2) is 0 Å². The Morgan fingerprint density at radius 1 is 1.19 bits per heavy atom. The van der Waals surface area contributed by atoms with Crippen LogP contribution in [0.15, 0.2) is 42.9 Å². The van der Waals surface area contributed by atoms with Gasteiger partial charge >= 0.3 is 0 Å². The highest BCUT2D eigenvalue weighted by Gasteiger charge is 2.29. The highest BCUT2D eigenvalue weighted by atomic mass is 16.2. The van der Waals surface area contributed by atoms with E-state index in [0.717, 1.165) is 41.4 Å². The van der Waals surface area contributed by atoms with E-state index in [9.17, 15) is 4.79 Å². The van der Waals surface area contributed by atoms with E-state index in [4.69, 9.17) is 0 Å². The summed E-state index contributed by atoms with van der Waals surface area (Å²) in [5.74, 6) is 0.707. The molecule has 1 unspecified atom stereocenters. The van der Waals surface area contributed by atoms with Crippen molar-refractivity contribution < 1.29 is 4.79 Å². The van der Waals surface area contributed by atoms with Crippen molar-refractivity contribution in [2.45, 2.75) is 26.3 Å². The molecule has 3 aromatic rings. The maximum absolute atomic E-state index is 12.6. The van der Waals surface area contributed by atoms with E-state index in [1.807, 2.05) is 37.8 Å². The molecule has 140 valence electrons. The number of amides is 1. The van der Waals surface area contributed by atoms with E-state index in [-0.39, 0.29) is 11.8 Å². The monoisotopic (exact) mass is 363 g/mol. The fourth-order valence-electron chi connectivity index (χ4n) is 3.66. The summed E-state index contributed by atoms with van der Waals surface area (Å²) >= 11 is 0. The quantitative estimate of drug-likeness (QED) is 0.772. The molecule has 4 rings (SSSR count). The van der Waals surface area contributed by atoms with Gasteiger partial charge in [-0.25, -0.2) is 4.98 Å². The van der Waals surface area contributed by atoms with E-state index in [1.165, 1.54) is 0 Å². The first kappa shape index (κ1) is 17.7. The molecule has 0 spiro atoms. The van der Waals surface area contributed by atoms with Crippen molar-refractivity contribution >= 4 is 22.5 Å². The molecule has 1 amide bonds. The number of aromatic nitrogens is 3. The molecule has 0 radical (unpaired) electrons. The Morgan fingerprint density at radius 2 is 2.04 bits per heavy atom. The molecule has 1 aliphatic heterocycles. The first-order chi connectivity index (χ1) is 13.0. The first-order valence-electron chi connectivity index (χ1n) is 9.43. The molecule has 1 saturated heterocycles. The van der Waals surface area contributed by atoms with Crippen molar-refractivity contribution in [3.63, 3.8) is 0 Å². The third-order valence-electron chi connectivity index (χ3n) is 5.33. The molecule has 1 atom stereocenters. The first-order valence-corrected chi connectivity index (χ1v) is 9.43. The van der Waals surface area contributed by atoms with Gasteiger partial charge < -0.3 is 10.2 Å². The van der Waals surface area contributed by atoms with E-state index in [2.05, 4.69) is 46.3 Å². The van der Waals surface area contributed by atoms with Crippen molar-refractivity contribution in [1.29, 1.82) is 0 Å². The molecule has 2 aromatic heterocycles. The molecule has 1 fully saturated rings. The minimum Gasteiger partial charge on any atom is -0.310 e. The van der Waals surface area contributed by atoms with Crippen LogP contribution in [0.4, 0.5) is 5.82 Å². The van der Waals surface area contributed by atoms with Crippen molar-refractivity contribution in [2.24, 2.45) is 13.0 Å². The summed E-state index contributed by atoms with van der Waals surface area (Å²) in [5.41, 5.74) is 2.17. The molecular formula is C21H25N5O. The standard InChI is InChI=1S/C21H25N5O/c1-14(2)26-7-6-17(13-26)21(27)24-20-9-18-8-15(4-5-16(18)10-22-20)19-11-23-25(3)12-19/h4-5,8-12,14,17H,6-7,13H2,1-3H3,(H,22,24,27).